The molecule has 4 atom stereocenters. The van der Waals surface area contributed by atoms with Gasteiger partial charge in [0.2, 0.25) is 0 Å². The second-order valence-corrected chi connectivity index (χ2v) is 4.28. The van der Waals surface area contributed by atoms with Crippen LogP contribution in [0.15, 0.2) is 0 Å². The molecule has 0 N–H and O–H groups in total. The molecule has 2 saturated carbocycles. The third-order valence-corrected chi connectivity index (χ3v) is 4.26. The van der Waals surface area contributed by atoms with Gasteiger partial charge in [0.15, 0.2) is 0 Å². The number of likely N-dealkylation sites (tertiary alicyclic amines) is 1. The summed E-state index contributed by atoms with van der Waals surface area (Å²) in [5, 5.41) is 0. The normalized spacial score (nSPS) is 63.9. The summed E-state index contributed by atoms with van der Waals surface area (Å²) in [6.45, 7) is 0. The second kappa shape index (κ2) is 1.42. The fraction of sp³-hybridized carbons (Fsp3) is 1.00. The van der Waals surface area contributed by atoms with Crippen molar-refractivity contribution in [3.63, 3.8) is 0 Å². The van der Waals surface area contributed by atoms with Crippen molar-refractivity contribution in [2.45, 2.75) is 43.7 Å². The molecule has 1 aliphatic heterocycles. The fourth-order valence-corrected chi connectivity index (χ4v) is 3.51. The molecule has 1 nitrogen and oxygen atoms in total. The van der Waals surface area contributed by atoms with E-state index in [4.69, 9.17) is 0 Å². The van der Waals surface area contributed by atoms with Crippen LogP contribution in [0.25, 0.3) is 0 Å². The Morgan fingerprint density at radius 2 is 2.20 bits per heavy atom. The maximum absolute atomic E-state index is 2.63. The Morgan fingerprint density at radius 1 is 1.30 bits per heavy atom. The fourth-order valence-electron chi connectivity index (χ4n) is 3.51. The standard InChI is InChI=1S/C9H15N/c1-10-8-4-2-3-7-5-6-9(7,8)10/h7-8H,2-6H2,1H3/t7-,8?,9+,10?/m1/s1. The van der Waals surface area contributed by atoms with Crippen molar-refractivity contribution >= 4 is 0 Å². The van der Waals surface area contributed by atoms with E-state index in [1.807, 2.05) is 0 Å². The van der Waals surface area contributed by atoms with Crippen LogP contribution in [0.5, 0.6) is 0 Å². The summed E-state index contributed by atoms with van der Waals surface area (Å²) in [6, 6.07) is 1.01. The summed E-state index contributed by atoms with van der Waals surface area (Å²) in [4.78, 5) is 2.63. The monoisotopic (exact) mass is 137 g/mol. The Hall–Kier alpha value is -0.0400. The van der Waals surface area contributed by atoms with E-state index in [1.54, 1.807) is 0 Å². The molecule has 3 rings (SSSR count). The van der Waals surface area contributed by atoms with E-state index in [0.717, 1.165) is 17.5 Å². The van der Waals surface area contributed by atoms with Crippen LogP contribution in [0.4, 0.5) is 0 Å². The summed E-state index contributed by atoms with van der Waals surface area (Å²) in [5.74, 6) is 1.11. The number of hydrogen-bond donors (Lipinski definition) is 0. The van der Waals surface area contributed by atoms with Crippen LogP contribution in [0.1, 0.15) is 32.1 Å². The molecule has 1 heterocycles. The van der Waals surface area contributed by atoms with Gasteiger partial charge in [0.25, 0.3) is 0 Å². The first-order valence-electron chi connectivity index (χ1n) is 4.58. The van der Waals surface area contributed by atoms with Gasteiger partial charge in [-0.15, -0.1) is 0 Å². The van der Waals surface area contributed by atoms with Crippen molar-refractivity contribution in [1.29, 1.82) is 0 Å². The lowest BCUT2D eigenvalue weighted by molar-refractivity contribution is 0.145. The molecular formula is C9H15N. The summed E-state index contributed by atoms with van der Waals surface area (Å²) in [5.41, 5.74) is 0.776. The molecule has 1 heteroatoms. The van der Waals surface area contributed by atoms with Gasteiger partial charge >= 0.3 is 0 Å². The van der Waals surface area contributed by atoms with Gasteiger partial charge in [0.05, 0.1) is 0 Å². The van der Waals surface area contributed by atoms with E-state index in [1.165, 1.54) is 32.1 Å². The zero-order valence-electron chi connectivity index (χ0n) is 6.64. The largest absolute Gasteiger partial charge is 0.294 e. The SMILES string of the molecule is CN1C2CCC[C@@H]3CC[C@@]231. The minimum atomic E-state index is 0.776. The first kappa shape index (κ1) is 5.59. The van der Waals surface area contributed by atoms with Crippen molar-refractivity contribution in [2.24, 2.45) is 5.92 Å². The lowest BCUT2D eigenvalue weighted by Gasteiger charge is -2.40. The van der Waals surface area contributed by atoms with Crippen molar-refractivity contribution in [3.8, 4) is 0 Å². The Labute approximate surface area is 62.4 Å². The van der Waals surface area contributed by atoms with Gasteiger partial charge in [-0.25, -0.2) is 0 Å². The molecule has 2 unspecified atom stereocenters. The summed E-state index contributed by atoms with van der Waals surface area (Å²) in [6.07, 6.45) is 7.56. The maximum atomic E-state index is 2.63. The average molecular weight is 137 g/mol. The van der Waals surface area contributed by atoms with Gasteiger partial charge in [-0.2, -0.15) is 0 Å². The molecule has 0 radical (unpaired) electrons. The molecule has 56 valence electrons. The Bertz CT molecular complexity index is 170. The first-order chi connectivity index (χ1) is 4.86. The summed E-state index contributed by atoms with van der Waals surface area (Å²) >= 11 is 0. The molecule has 0 aromatic heterocycles. The van der Waals surface area contributed by atoms with Crippen LogP contribution in [-0.2, 0) is 0 Å². The van der Waals surface area contributed by atoms with E-state index >= 15 is 0 Å². The third kappa shape index (κ3) is 0.378. The highest BCUT2D eigenvalue weighted by Gasteiger charge is 2.69. The van der Waals surface area contributed by atoms with Crippen molar-refractivity contribution < 1.29 is 0 Å². The van der Waals surface area contributed by atoms with Crippen LogP contribution >= 0.6 is 0 Å². The highest BCUT2D eigenvalue weighted by molar-refractivity contribution is 5.25. The van der Waals surface area contributed by atoms with Crippen LogP contribution in [0.2, 0.25) is 0 Å². The zero-order valence-corrected chi connectivity index (χ0v) is 6.64. The molecule has 1 saturated heterocycles. The quantitative estimate of drug-likeness (QED) is 0.459. The highest BCUT2D eigenvalue weighted by Crippen LogP contribution is 2.63. The molecule has 3 fully saturated rings. The number of hydrogen-bond acceptors (Lipinski definition) is 1. The van der Waals surface area contributed by atoms with Crippen LogP contribution in [0.3, 0.4) is 0 Å². The van der Waals surface area contributed by atoms with Crippen LogP contribution in [0, 0.1) is 5.92 Å². The van der Waals surface area contributed by atoms with E-state index in [9.17, 15) is 0 Å². The highest BCUT2D eigenvalue weighted by atomic mass is 15.4. The van der Waals surface area contributed by atoms with Crippen LogP contribution in [-0.4, -0.2) is 23.5 Å². The number of likely N-dealkylation sites (N-methyl/N-ethyl adjacent to an activating group) is 1. The minimum Gasteiger partial charge on any atom is -0.294 e. The smallest absolute Gasteiger partial charge is 0.0393 e. The predicted molar refractivity (Wildman–Crippen MR) is 40.9 cm³/mol. The topological polar surface area (TPSA) is 3.01 Å². The molecule has 0 aromatic carbocycles. The van der Waals surface area contributed by atoms with Gasteiger partial charge in [0, 0.05) is 11.6 Å². The lowest BCUT2D eigenvalue weighted by Crippen LogP contribution is -2.41. The van der Waals surface area contributed by atoms with Gasteiger partial charge in [0.1, 0.15) is 0 Å². The molecule has 10 heavy (non-hydrogen) atoms. The average Bonchev–Trinajstić information content (AvgIpc) is 2.48. The van der Waals surface area contributed by atoms with Gasteiger partial charge in [-0.1, -0.05) is 6.42 Å². The minimum absolute atomic E-state index is 0.776. The van der Waals surface area contributed by atoms with Crippen molar-refractivity contribution in [2.75, 3.05) is 7.05 Å². The Morgan fingerprint density at radius 3 is 2.70 bits per heavy atom. The molecule has 1 spiro atoms. The molecule has 2 aliphatic carbocycles. The van der Waals surface area contributed by atoms with Crippen molar-refractivity contribution in [3.05, 3.63) is 0 Å². The van der Waals surface area contributed by atoms with E-state index in [0.29, 0.717) is 0 Å². The van der Waals surface area contributed by atoms with E-state index in [2.05, 4.69) is 11.9 Å². The molecule has 0 aromatic rings. The number of nitrogens with zero attached hydrogens (tertiary/aromatic N) is 1. The van der Waals surface area contributed by atoms with E-state index in [-0.39, 0.29) is 0 Å². The Balaban J connectivity index is 1.92. The van der Waals surface area contributed by atoms with Crippen LogP contribution < -0.4 is 0 Å². The summed E-state index contributed by atoms with van der Waals surface area (Å²) < 4.78 is 0. The van der Waals surface area contributed by atoms with Gasteiger partial charge in [-0.05, 0) is 38.6 Å². The van der Waals surface area contributed by atoms with Gasteiger partial charge in [-0.3, -0.25) is 4.90 Å². The van der Waals surface area contributed by atoms with Gasteiger partial charge < -0.3 is 0 Å². The zero-order chi connectivity index (χ0) is 6.77. The molecule has 0 bridgehead atoms. The second-order valence-electron chi connectivity index (χ2n) is 4.28. The first-order valence-corrected chi connectivity index (χ1v) is 4.58. The maximum Gasteiger partial charge on any atom is 0.0393 e. The molecule has 3 aliphatic rings. The molecule has 0 amide bonds. The Kier molecular flexibility index (Phi) is 0.797. The predicted octanol–water partition coefficient (Wildman–Crippen LogP) is 1.63. The van der Waals surface area contributed by atoms with Crippen molar-refractivity contribution in [1.82, 2.24) is 4.90 Å². The van der Waals surface area contributed by atoms with E-state index < -0.39 is 0 Å². The lowest BCUT2D eigenvalue weighted by atomic mass is 9.65. The molecular weight excluding hydrogens is 122 g/mol. The number of rotatable bonds is 0. The summed E-state index contributed by atoms with van der Waals surface area (Å²) in [7, 11) is 2.32. The third-order valence-electron chi connectivity index (χ3n) is 4.26.